The van der Waals surface area contributed by atoms with Crippen molar-refractivity contribution in [3.63, 3.8) is 0 Å². The number of ketones is 1. The Morgan fingerprint density at radius 3 is 2.25 bits per heavy atom. The summed E-state index contributed by atoms with van der Waals surface area (Å²) in [6.45, 7) is 4.59. The van der Waals surface area contributed by atoms with Gasteiger partial charge in [0.05, 0.1) is 0 Å². The van der Waals surface area contributed by atoms with Crippen molar-refractivity contribution in [2.24, 2.45) is 0 Å². The predicted octanol–water partition coefficient (Wildman–Crippen LogP) is 1.72. The van der Waals surface area contributed by atoms with Gasteiger partial charge in [-0.05, 0) is 13.8 Å². The number of hydroxylamine groups is 1. The lowest BCUT2D eigenvalue weighted by molar-refractivity contribution is -0.151. The highest BCUT2D eigenvalue weighted by Gasteiger charge is 2.29. The molecule has 0 radical (unpaired) electrons. The van der Waals surface area contributed by atoms with Crippen LogP contribution in [0.3, 0.4) is 0 Å². The number of carbonyl (C=O) groups is 2. The van der Waals surface area contributed by atoms with E-state index in [-0.39, 0.29) is 5.78 Å². The third-order valence-electron chi connectivity index (χ3n) is 2.05. The highest BCUT2D eigenvalue weighted by molar-refractivity contribution is 6.02. The van der Waals surface area contributed by atoms with Crippen LogP contribution in [0.5, 0.6) is 0 Å². The second-order valence-electron chi connectivity index (χ2n) is 4.02. The van der Waals surface area contributed by atoms with E-state index in [1.165, 1.54) is 6.92 Å². The van der Waals surface area contributed by atoms with Gasteiger partial charge >= 0.3 is 5.97 Å². The van der Waals surface area contributed by atoms with E-state index in [0.717, 1.165) is 0 Å². The largest absolute Gasteiger partial charge is 0.370 e. The van der Waals surface area contributed by atoms with Crippen LogP contribution in [-0.2, 0) is 9.63 Å². The highest BCUT2D eigenvalue weighted by Crippen LogP contribution is 2.12. The first-order chi connectivity index (χ1) is 7.43. The first-order valence-electron chi connectivity index (χ1n) is 4.98. The Kier molecular flexibility index (Phi) is 3.79. The smallest absolute Gasteiger partial charge is 0.321 e. The molecule has 1 rings (SSSR count). The van der Waals surface area contributed by atoms with Gasteiger partial charge < -0.3 is 4.84 Å². The molecule has 0 saturated carbocycles. The van der Waals surface area contributed by atoms with E-state index >= 15 is 0 Å². The van der Waals surface area contributed by atoms with Crippen LogP contribution in [0.1, 0.15) is 31.1 Å². The van der Waals surface area contributed by atoms with E-state index in [0.29, 0.717) is 5.56 Å². The van der Waals surface area contributed by atoms with Crippen LogP contribution in [-0.4, -0.2) is 17.3 Å². The van der Waals surface area contributed by atoms with Gasteiger partial charge in [0, 0.05) is 12.5 Å². The Bertz CT molecular complexity index is 385. The molecule has 4 heteroatoms. The first-order valence-corrected chi connectivity index (χ1v) is 4.98. The Balaban J connectivity index is 2.76. The number of carbonyl (C=O) groups excluding carboxylic acids is 2. The molecule has 0 amide bonds. The molecule has 4 nitrogen and oxygen atoms in total. The number of rotatable bonds is 4. The minimum atomic E-state index is -0.937. The number of Topliss-reactive ketones (excluding diaryl/α,β-unsaturated/α-hetero) is 1. The number of hydrogen-bond acceptors (Lipinski definition) is 4. The summed E-state index contributed by atoms with van der Waals surface area (Å²) in [7, 11) is 0. The van der Waals surface area contributed by atoms with Gasteiger partial charge in [0.15, 0.2) is 5.78 Å². The van der Waals surface area contributed by atoms with Crippen molar-refractivity contribution < 1.29 is 14.4 Å². The molecule has 1 aromatic carbocycles. The summed E-state index contributed by atoms with van der Waals surface area (Å²) in [6, 6.07) is 8.85. The summed E-state index contributed by atoms with van der Waals surface area (Å²) in [5, 5.41) is 0. The molecule has 0 unspecified atom stereocenters. The molecule has 1 N–H and O–H groups in total. The van der Waals surface area contributed by atoms with E-state index < -0.39 is 11.5 Å². The van der Waals surface area contributed by atoms with Crippen LogP contribution < -0.4 is 5.48 Å². The lowest BCUT2D eigenvalue weighted by Crippen LogP contribution is -2.47. The number of hydrogen-bond donors (Lipinski definition) is 1. The molecule has 86 valence electrons. The third kappa shape index (κ3) is 3.17. The van der Waals surface area contributed by atoms with Gasteiger partial charge in [-0.15, -0.1) is 5.48 Å². The Hall–Kier alpha value is -1.68. The fraction of sp³-hybridized carbons (Fsp3) is 0.333. The van der Waals surface area contributed by atoms with Crippen molar-refractivity contribution in [1.29, 1.82) is 0 Å². The predicted molar refractivity (Wildman–Crippen MR) is 59.8 cm³/mol. The zero-order valence-corrected chi connectivity index (χ0v) is 9.61. The van der Waals surface area contributed by atoms with E-state index in [9.17, 15) is 9.59 Å². The molecule has 0 aliphatic heterocycles. The molecule has 0 bridgehead atoms. The van der Waals surface area contributed by atoms with Crippen molar-refractivity contribution in [2.75, 3.05) is 0 Å². The standard InChI is InChI=1S/C12H15NO3/c1-9(14)16-13-12(2,3)11(15)10-7-5-4-6-8-10/h4-8,13H,1-3H3. The molecule has 0 aliphatic rings. The zero-order valence-electron chi connectivity index (χ0n) is 9.61. The van der Waals surface area contributed by atoms with E-state index in [2.05, 4.69) is 10.3 Å². The van der Waals surface area contributed by atoms with Gasteiger partial charge in [-0.1, -0.05) is 30.3 Å². The van der Waals surface area contributed by atoms with Gasteiger partial charge in [0.2, 0.25) is 0 Å². The summed E-state index contributed by atoms with van der Waals surface area (Å²) in [4.78, 5) is 27.3. The van der Waals surface area contributed by atoms with Gasteiger partial charge in [0.25, 0.3) is 0 Å². The molecule has 0 heterocycles. The molecular weight excluding hydrogens is 206 g/mol. The lowest BCUT2D eigenvalue weighted by atomic mass is 9.94. The van der Waals surface area contributed by atoms with Crippen LogP contribution in [0, 0.1) is 0 Å². The summed E-state index contributed by atoms with van der Waals surface area (Å²) >= 11 is 0. The normalized spacial score (nSPS) is 10.9. The molecule has 0 atom stereocenters. The summed E-state index contributed by atoms with van der Waals surface area (Å²) in [5.41, 5.74) is 2.10. The van der Waals surface area contributed by atoms with Crippen molar-refractivity contribution >= 4 is 11.8 Å². The van der Waals surface area contributed by atoms with Crippen LogP contribution >= 0.6 is 0 Å². The Morgan fingerprint density at radius 2 is 1.75 bits per heavy atom. The van der Waals surface area contributed by atoms with E-state index in [4.69, 9.17) is 0 Å². The minimum absolute atomic E-state index is 0.130. The van der Waals surface area contributed by atoms with Crippen LogP contribution in [0.25, 0.3) is 0 Å². The monoisotopic (exact) mass is 221 g/mol. The number of nitrogens with one attached hydrogen (secondary N) is 1. The SMILES string of the molecule is CC(=O)ONC(C)(C)C(=O)c1ccccc1. The van der Waals surface area contributed by atoms with Gasteiger partial charge in [0.1, 0.15) is 5.54 Å². The maximum atomic E-state index is 12.0. The third-order valence-corrected chi connectivity index (χ3v) is 2.05. The molecule has 0 spiro atoms. The molecule has 0 aliphatic carbocycles. The first kappa shape index (κ1) is 12.4. The summed E-state index contributed by atoms with van der Waals surface area (Å²) < 4.78 is 0. The zero-order chi connectivity index (χ0) is 12.2. The van der Waals surface area contributed by atoms with Crippen molar-refractivity contribution in [2.45, 2.75) is 26.3 Å². The minimum Gasteiger partial charge on any atom is -0.370 e. The summed E-state index contributed by atoms with van der Waals surface area (Å²) in [6.07, 6.45) is 0. The molecule has 16 heavy (non-hydrogen) atoms. The average molecular weight is 221 g/mol. The van der Waals surface area contributed by atoms with Crippen LogP contribution in [0.15, 0.2) is 30.3 Å². The maximum Gasteiger partial charge on any atom is 0.321 e. The molecular formula is C12H15NO3. The van der Waals surface area contributed by atoms with Gasteiger partial charge in [-0.25, -0.2) is 0 Å². The molecule has 1 aromatic rings. The van der Waals surface area contributed by atoms with Crippen molar-refractivity contribution in [1.82, 2.24) is 5.48 Å². The second kappa shape index (κ2) is 4.90. The maximum absolute atomic E-state index is 12.0. The van der Waals surface area contributed by atoms with Crippen LogP contribution in [0.4, 0.5) is 0 Å². The van der Waals surface area contributed by atoms with Crippen LogP contribution in [0.2, 0.25) is 0 Å². The topological polar surface area (TPSA) is 55.4 Å². The average Bonchev–Trinajstić information content (AvgIpc) is 2.27. The molecule has 0 fully saturated rings. The molecule has 0 aromatic heterocycles. The Morgan fingerprint density at radius 1 is 1.19 bits per heavy atom. The Labute approximate surface area is 94.6 Å². The van der Waals surface area contributed by atoms with Crippen molar-refractivity contribution in [3.8, 4) is 0 Å². The lowest BCUT2D eigenvalue weighted by Gasteiger charge is -2.23. The van der Waals surface area contributed by atoms with Gasteiger partial charge in [-0.3, -0.25) is 9.59 Å². The number of benzene rings is 1. The summed E-state index contributed by atoms with van der Waals surface area (Å²) in [5.74, 6) is -0.608. The fourth-order valence-electron chi connectivity index (χ4n) is 1.20. The second-order valence-corrected chi connectivity index (χ2v) is 4.02. The fourth-order valence-corrected chi connectivity index (χ4v) is 1.20. The quantitative estimate of drug-likeness (QED) is 0.621. The molecule has 0 saturated heterocycles. The van der Waals surface area contributed by atoms with E-state index in [1.807, 2.05) is 6.07 Å². The highest BCUT2D eigenvalue weighted by atomic mass is 16.7. The van der Waals surface area contributed by atoms with Crippen molar-refractivity contribution in [3.05, 3.63) is 35.9 Å². The van der Waals surface area contributed by atoms with E-state index in [1.54, 1.807) is 38.1 Å². The van der Waals surface area contributed by atoms with Gasteiger partial charge in [-0.2, -0.15) is 0 Å².